The van der Waals surface area contributed by atoms with Crippen LogP contribution in [-0.2, 0) is 4.79 Å². The Morgan fingerprint density at radius 3 is 2.69 bits per heavy atom. The lowest BCUT2D eigenvalue weighted by molar-refractivity contribution is -0.385. The molecule has 0 spiro atoms. The highest BCUT2D eigenvalue weighted by molar-refractivity contribution is 8.18. The van der Waals surface area contributed by atoms with Gasteiger partial charge in [0.25, 0.3) is 11.6 Å². The molecular formula is C25H21N3O6S. The number of hydrogen-bond donors (Lipinski definition) is 1. The fraction of sp³-hybridized carbons (Fsp3) is 0.160. The number of amidine groups is 1. The second-order valence-corrected chi connectivity index (χ2v) is 8.82. The summed E-state index contributed by atoms with van der Waals surface area (Å²) < 4.78 is 5.89. The summed E-state index contributed by atoms with van der Waals surface area (Å²) in [6, 6.07) is 12.9. The SMILES string of the molecule is CCN1C(=O)/C(=C\c2ccc(-c3cc(C)c(C)c([N+](=O)[O-])c3)o2)SC1=Nc1cccc(C(=O)O)c1. The lowest BCUT2D eigenvalue weighted by Gasteiger charge is -2.12. The van der Waals surface area contributed by atoms with E-state index in [1.165, 1.54) is 23.1 Å². The number of aromatic carboxylic acids is 1. The predicted octanol–water partition coefficient (Wildman–Crippen LogP) is 5.79. The minimum atomic E-state index is -1.06. The van der Waals surface area contributed by atoms with Gasteiger partial charge in [0.15, 0.2) is 5.17 Å². The van der Waals surface area contributed by atoms with E-state index in [2.05, 4.69) is 4.99 Å². The number of nitro benzene ring substituents is 1. The summed E-state index contributed by atoms with van der Waals surface area (Å²) in [6.07, 6.45) is 1.60. The summed E-state index contributed by atoms with van der Waals surface area (Å²) >= 11 is 1.16. The minimum absolute atomic E-state index is 0.0178. The van der Waals surface area contributed by atoms with Crippen LogP contribution in [0, 0.1) is 24.0 Å². The van der Waals surface area contributed by atoms with E-state index in [-0.39, 0.29) is 17.2 Å². The zero-order valence-electron chi connectivity index (χ0n) is 19.1. The number of carboxylic acid groups (broad SMARTS) is 1. The number of furan rings is 1. The van der Waals surface area contributed by atoms with E-state index in [0.29, 0.717) is 45.0 Å². The van der Waals surface area contributed by atoms with E-state index in [1.54, 1.807) is 44.2 Å². The molecule has 1 fully saturated rings. The first kappa shape index (κ1) is 24.0. The minimum Gasteiger partial charge on any atom is -0.478 e. The van der Waals surface area contributed by atoms with Gasteiger partial charge >= 0.3 is 5.97 Å². The maximum atomic E-state index is 12.9. The second kappa shape index (κ2) is 9.59. The number of rotatable bonds is 6. The van der Waals surface area contributed by atoms with Crippen molar-refractivity contribution in [1.29, 1.82) is 0 Å². The summed E-state index contributed by atoms with van der Waals surface area (Å²) in [5.74, 6) is -0.435. The lowest BCUT2D eigenvalue weighted by Crippen LogP contribution is -2.28. The number of benzene rings is 2. The molecule has 1 aliphatic heterocycles. The Hall–Kier alpha value is -4.18. The average Bonchev–Trinajstić information content (AvgIpc) is 3.40. The molecule has 35 heavy (non-hydrogen) atoms. The molecule has 0 bridgehead atoms. The third kappa shape index (κ3) is 4.87. The highest BCUT2D eigenvalue weighted by Gasteiger charge is 2.32. The second-order valence-electron chi connectivity index (χ2n) is 7.81. The number of nitrogens with zero attached hydrogens (tertiary/aromatic N) is 3. The number of aliphatic imine (C=N–C) groups is 1. The van der Waals surface area contributed by atoms with Gasteiger partial charge in [0.05, 0.1) is 21.1 Å². The molecular weight excluding hydrogens is 470 g/mol. The molecule has 10 heteroatoms. The Morgan fingerprint density at radius 1 is 1.23 bits per heavy atom. The van der Waals surface area contributed by atoms with Gasteiger partial charge in [-0.15, -0.1) is 0 Å². The number of carbonyl (C=O) groups is 2. The molecule has 4 rings (SSSR count). The topological polar surface area (TPSA) is 126 Å². The van der Waals surface area contributed by atoms with Crippen LogP contribution in [0.1, 0.15) is 34.2 Å². The van der Waals surface area contributed by atoms with Crippen molar-refractivity contribution in [3.05, 3.63) is 86.0 Å². The molecule has 9 nitrogen and oxygen atoms in total. The summed E-state index contributed by atoms with van der Waals surface area (Å²) in [5, 5.41) is 21.0. The van der Waals surface area contributed by atoms with E-state index in [4.69, 9.17) is 4.42 Å². The molecule has 0 atom stereocenters. The zero-order chi connectivity index (χ0) is 25.3. The van der Waals surface area contributed by atoms with Crippen LogP contribution < -0.4 is 0 Å². The van der Waals surface area contributed by atoms with Gasteiger partial charge in [-0.2, -0.15) is 0 Å². The zero-order valence-corrected chi connectivity index (χ0v) is 20.0. The molecule has 0 unspecified atom stereocenters. The standard InChI is InChI=1S/C25H21N3O6S/c1-4-27-23(29)22(35-25(27)26-18-7-5-6-16(11-18)24(30)31)13-19-8-9-21(34-19)17-10-14(2)15(3)20(12-17)28(32)33/h5-13H,4H2,1-3H3,(H,30,31)/b22-13+,26-25?. The quantitative estimate of drug-likeness (QED) is 0.262. The molecule has 178 valence electrons. The molecule has 1 aromatic heterocycles. The third-order valence-electron chi connectivity index (χ3n) is 5.54. The van der Waals surface area contributed by atoms with Crippen molar-refractivity contribution >= 4 is 46.3 Å². The van der Waals surface area contributed by atoms with E-state index in [1.807, 2.05) is 13.0 Å². The number of thioether (sulfide) groups is 1. The first-order valence-corrected chi connectivity index (χ1v) is 11.5. The molecule has 3 aromatic rings. The Bertz CT molecular complexity index is 1420. The summed E-state index contributed by atoms with van der Waals surface area (Å²) in [5.41, 5.74) is 2.50. The fourth-order valence-corrected chi connectivity index (χ4v) is 4.62. The number of likely N-dealkylation sites (N-methyl/N-ethyl adjacent to an activating group) is 1. The lowest BCUT2D eigenvalue weighted by atomic mass is 10.0. The normalized spacial score (nSPS) is 15.9. The number of aryl methyl sites for hydroxylation is 1. The van der Waals surface area contributed by atoms with Gasteiger partial charge in [0, 0.05) is 29.8 Å². The van der Waals surface area contributed by atoms with E-state index in [9.17, 15) is 24.8 Å². The summed E-state index contributed by atoms with van der Waals surface area (Å²) in [7, 11) is 0. The maximum absolute atomic E-state index is 12.9. The van der Waals surface area contributed by atoms with Crippen molar-refractivity contribution in [2.75, 3.05) is 6.54 Å². The molecule has 0 saturated carbocycles. The molecule has 2 heterocycles. The molecule has 1 N–H and O–H groups in total. The van der Waals surface area contributed by atoms with Crippen LogP contribution in [0.15, 0.2) is 62.8 Å². The first-order chi connectivity index (χ1) is 16.7. The van der Waals surface area contributed by atoms with Gasteiger partial charge in [-0.05, 0) is 74.5 Å². The Morgan fingerprint density at radius 2 is 2.00 bits per heavy atom. The van der Waals surface area contributed by atoms with Crippen LogP contribution in [0.25, 0.3) is 17.4 Å². The Kier molecular flexibility index (Phi) is 6.57. The Balaban J connectivity index is 1.64. The van der Waals surface area contributed by atoms with Gasteiger partial charge < -0.3 is 9.52 Å². The summed E-state index contributed by atoms with van der Waals surface area (Å²) in [4.78, 5) is 41.5. The highest BCUT2D eigenvalue weighted by Crippen LogP contribution is 2.36. The van der Waals surface area contributed by atoms with Crippen molar-refractivity contribution in [3.8, 4) is 11.3 Å². The first-order valence-electron chi connectivity index (χ1n) is 10.7. The van der Waals surface area contributed by atoms with Gasteiger partial charge in [-0.25, -0.2) is 9.79 Å². The van der Waals surface area contributed by atoms with E-state index >= 15 is 0 Å². The largest absolute Gasteiger partial charge is 0.478 e. The number of hydrogen-bond acceptors (Lipinski definition) is 7. The maximum Gasteiger partial charge on any atom is 0.335 e. The van der Waals surface area contributed by atoms with E-state index in [0.717, 1.165) is 17.3 Å². The van der Waals surface area contributed by atoms with Gasteiger partial charge in [0.2, 0.25) is 0 Å². The molecule has 2 aromatic carbocycles. The van der Waals surface area contributed by atoms with Crippen LogP contribution in [0.4, 0.5) is 11.4 Å². The predicted molar refractivity (Wildman–Crippen MR) is 134 cm³/mol. The van der Waals surface area contributed by atoms with Gasteiger partial charge in [-0.3, -0.25) is 19.8 Å². The number of carbonyl (C=O) groups excluding carboxylic acids is 1. The molecule has 1 aliphatic rings. The van der Waals surface area contributed by atoms with Crippen molar-refractivity contribution in [2.24, 2.45) is 4.99 Å². The van der Waals surface area contributed by atoms with Crippen molar-refractivity contribution < 1.29 is 24.0 Å². The Labute approximate surface area is 204 Å². The van der Waals surface area contributed by atoms with Crippen LogP contribution in [-0.4, -0.2) is 38.5 Å². The third-order valence-corrected chi connectivity index (χ3v) is 6.55. The molecule has 1 saturated heterocycles. The molecule has 0 radical (unpaired) electrons. The van der Waals surface area contributed by atoms with Crippen molar-refractivity contribution in [3.63, 3.8) is 0 Å². The van der Waals surface area contributed by atoms with Crippen molar-refractivity contribution in [1.82, 2.24) is 4.90 Å². The van der Waals surface area contributed by atoms with Crippen LogP contribution in [0.5, 0.6) is 0 Å². The van der Waals surface area contributed by atoms with E-state index < -0.39 is 10.9 Å². The molecule has 0 aliphatic carbocycles. The number of amides is 1. The summed E-state index contributed by atoms with van der Waals surface area (Å²) in [6.45, 7) is 5.71. The number of carboxylic acids is 1. The smallest absolute Gasteiger partial charge is 0.335 e. The van der Waals surface area contributed by atoms with Crippen molar-refractivity contribution in [2.45, 2.75) is 20.8 Å². The number of nitro groups is 1. The van der Waals surface area contributed by atoms with Crippen LogP contribution >= 0.6 is 11.8 Å². The highest BCUT2D eigenvalue weighted by atomic mass is 32.2. The van der Waals surface area contributed by atoms with Gasteiger partial charge in [0.1, 0.15) is 11.5 Å². The average molecular weight is 492 g/mol. The molecule has 1 amide bonds. The van der Waals surface area contributed by atoms with Gasteiger partial charge in [-0.1, -0.05) is 6.07 Å². The monoisotopic (exact) mass is 491 g/mol. The van der Waals surface area contributed by atoms with Crippen LogP contribution in [0.2, 0.25) is 0 Å². The van der Waals surface area contributed by atoms with Crippen LogP contribution in [0.3, 0.4) is 0 Å². The fourth-order valence-electron chi connectivity index (χ4n) is 3.58.